The zero-order valence-corrected chi connectivity index (χ0v) is 65.1. The maximum atomic E-state index is 15.9. The summed E-state index contributed by atoms with van der Waals surface area (Å²) < 4.78 is 74.5. The molecule has 582 valence electrons. The van der Waals surface area contributed by atoms with Crippen molar-refractivity contribution in [3.05, 3.63) is 136 Å². The van der Waals surface area contributed by atoms with Gasteiger partial charge in [-0.05, 0) is 289 Å². The van der Waals surface area contributed by atoms with Crippen LogP contribution in [0.15, 0.2) is 103 Å². The Kier molecular flexibility index (Phi) is 26.1. The third-order valence-corrected chi connectivity index (χ3v) is 27.0. The van der Waals surface area contributed by atoms with Gasteiger partial charge in [0, 0.05) is 91.1 Å². The van der Waals surface area contributed by atoms with E-state index in [2.05, 4.69) is 62.1 Å². The number of alkyl halides is 1. The predicted molar refractivity (Wildman–Crippen MR) is 416 cm³/mol. The number of para-hydroxylation sites is 2. The number of ether oxygens (including phenoxy) is 8. The van der Waals surface area contributed by atoms with Gasteiger partial charge in [0.1, 0.15) is 28.7 Å². The highest BCUT2D eigenvalue weighted by atomic mass is 35.5. The van der Waals surface area contributed by atoms with Gasteiger partial charge in [0.05, 0.1) is 46.8 Å². The van der Waals surface area contributed by atoms with E-state index >= 15 is 4.39 Å². The van der Waals surface area contributed by atoms with Crippen molar-refractivity contribution in [2.24, 2.45) is 23.7 Å². The van der Waals surface area contributed by atoms with Crippen molar-refractivity contribution < 1.29 is 56.3 Å². The molecule has 2 amide bonds. The molecule has 10 heterocycles. The molecule has 0 aromatic heterocycles. The molecule has 0 N–H and O–H groups in total. The molecule has 2 saturated carbocycles. The number of rotatable bonds is 16. The van der Waals surface area contributed by atoms with Gasteiger partial charge in [-0.1, -0.05) is 72.6 Å². The van der Waals surface area contributed by atoms with Crippen LogP contribution < -0.4 is 23.7 Å². The van der Waals surface area contributed by atoms with Gasteiger partial charge in [0.25, 0.3) is 0 Å². The summed E-state index contributed by atoms with van der Waals surface area (Å²) >= 11 is 6.15. The fourth-order valence-electron chi connectivity index (χ4n) is 21.1. The van der Waals surface area contributed by atoms with Crippen LogP contribution in [0.2, 0.25) is 5.02 Å². The zero-order valence-electron chi connectivity index (χ0n) is 64.4. The van der Waals surface area contributed by atoms with Crippen LogP contribution in [-0.4, -0.2) is 198 Å². The first-order valence-corrected chi connectivity index (χ1v) is 41.6. The highest BCUT2D eigenvalue weighted by molar-refractivity contribution is 6.30. The molecule has 0 radical (unpaired) electrons. The quantitative estimate of drug-likeness (QED) is 0.0930. The minimum atomic E-state index is -1.42. The number of nitrogens with zero attached hydrogens (tertiary/aromatic N) is 6. The first-order valence-electron chi connectivity index (χ1n) is 41.2. The molecule has 9 atom stereocenters. The van der Waals surface area contributed by atoms with Crippen molar-refractivity contribution in [3.8, 4) is 39.9 Å². The van der Waals surface area contributed by atoms with Crippen LogP contribution in [0.5, 0.6) is 28.7 Å². The summed E-state index contributed by atoms with van der Waals surface area (Å²) in [7, 11) is 5.09. The summed E-state index contributed by atoms with van der Waals surface area (Å²) in [4.78, 5) is 38.6. The smallest absolute Gasteiger partial charge is 0.410 e. The normalized spacial score (nSPS) is 27.5. The first kappa shape index (κ1) is 77.3. The molecule has 0 spiro atoms. The summed E-state index contributed by atoms with van der Waals surface area (Å²) in [6, 6.07) is 34.9. The van der Waals surface area contributed by atoms with E-state index in [1.54, 1.807) is 45.6 Å². The standard InChI is InChI=1S/C25H30FNO.C23H32ClFN2O3.C21H30N2O4.C19H27NO2/c1-28-25-9-8-19(21-4-2-3-5-23(21)26)16-22(25)18-10-12-27(13-11-18)24-15-17-6-7-20(24)14-17;1-3-30-22(28)27-17-5-7-18(15-19(27)8-6-17)26-12-10-23(25,11-13-26)20-14-16(24)4-9-21(20)29-2;1-2-25-21(24)23-12-6-16(7-13-23)14-22-10-8-17(9-11-22)18-4-3-5-19-20(18)27-15-26-19;1-21-19-5-3-2-4-17(19)14-8-10-20(11-9-14)13-15-12-16-6-7-18(15)22-16/h2-5,8-9,16-18,20,24H,6-7,10-15H2,1H3;4,9,14,17-19H,3,5-8,10-13,15H2,1-2H3;3-5,16-17H,2,6-15H2,1H3;2-5,14-16,18H,6-13H2,1H3/t17-,20?,24-;;;/m1.../s1. The summed E-state index contributed by atoms with van der Waals surface area (Å²) in [6.45, 7) is 17.5. The molecule has 2 aliphatic carbocycles. The van der Waals surface area contributed by atoms with Crippen LogP contribution in [0, 0.1) is 29.5 Å². The van der Waals surface area contributed by atoms with Gasteiger partial charge in [0.15, 0.2) is 11.5 Å². The SMILES string of the molecule is CCOC(=O)N1C2CCC(N3CCC(F)(c4cc(Cl)ccc4OC)CC3)CC1CC2.CCOC(=O)N1CCC(CN2CCC(c3cccc4c3OCO4)CC2)CC1.COc1ccc(-c2ccccc2F)cc1C1CCN([C@@H]2C[C@@H]3CCC2C3)CC1.COc1ccccc1C1CCN(CC2CC3CCC2O3)CC1. The van der Waals surface area contributed by atoms with Gasteiger partial charge in [-0.25, -0.2) is 18.4 Å². The molecule has 19 heteroatoms. The van der Waals surface area contributed by atoms with E-state index in [4.69, 9.17) is 49.5 Å². The molecule has 12 aliphatic rings. The maximum absolute atomic E-state index is 15.9. The lowest BCUT2D eigenvalue weighted by Gasteiger charge is -2.41. The second-order valence-corrected chi connectivity index (χ2v) is 33.2. The number of hydrogen-bond acceptors (Lipinski definition) is 14. The van der Waals surface area contributed by atoms with Crippen LogP contribution in [0.25, 0.3) is 11.1 Å². The summed E-state index contributed by atoms with van der Waals surface area (Å²) in [6.07, 6.45) is 25.9. The largest absolute Gasteiger partial charge is 0.496 e. The third kappa shape index (κ3) is 18.3. The molecule has 5 aromatic carbocycles. The zero-order chi connectivity index (χ0) is 74.0. The number of halogens is 3. The Morgan fingerprint density at radius 3 is 1.85 bits per heavy atom. The second kappa shape index (κ2) is 36.2. The highest BCUT2D eigenvalue weighted by Gasteiger charge is 2.47. The first-order chi connectivity index (χ1) is 52.2. The second-order valence-electron chi connectivity index (χ2n) is 32.8. The minimum Gasteiger partial charge on any atom is -0.496 e. The van der Waals surface area contributed by atoms with Crippen molar-refractivity contribution in [1.29, 1.82) is 0 Å². The molecule has 6 bridgehead atoms. The Morgan fingerprint density at radius 2 is 1.18 bits per heavy atom. The number of hydrogen-bond donors (Lipinski definition) is 0. The van der Waals surface area contributed by atoms with Crippen LogP contribution in [0.1, 0.15) is 195 Å². The average molecular weight is 1490 g/mol. The van der Waals surface area contributed by atoms with Gasteiger partial charge in [0.2, 0.25) is 6.79 Å². The number of likely N-dealkylation sites (tertiary alicyclic amines) is 5. The van der Waals surface area contributed by atoms with E-state index in [9.17, 15) is 14.0 Å². The monoisotopic (exact) mass is 1490 g/mol. The molecular formula is C88H119ClF2N6O10. The highest BCUT2D eigenvalue weighted by Crippen LogP contribution is 2.50. The van der Waals surface area contributed by atoms with Crippen molar-refractivity contribution in [1.82, 2.24) is 29.4 Å². The summed E-state index contributed by atoms with van der Waals surface area (Å²) in [5, 5.41) is 0.532. The van der Waals surface area contributed by atoms with Crippen molar-refractivity contribution in [2.45, 2.75) is 215 Å². The van der Waals surface area contributed by atoms with E-state index in [0.717, 1.165) is 130 Å². The fraction of sp³-hybridized carbons (Fsp3) is 0.636. The van der Waals surface area contributed by atoms with E-state index in [0.29, 0.717) is 116 Å². The number of carbonyl (C=O) groups excluding carboxylic acids is 2. The maximum Gasteiger partial charge on any atom is 0.410 e. The van der Waals surface area contributed by atoms with E-state index in [1.807, 2.05) is 54.0 Å². The summed E-state index contributed by atoms with van der Waals surface area (Å²) in [5.41, 5.74) is 4.71. The topological polar surface area (TPSA) is 127 Å². The van der Waals surface area contributed by atoms with Crippen LogP contribution in [0.3, 0.4) is 0 Å². The molecule has 17 rings (SSSR count). The lowest BCUT2D eigenvalue weighted by molar-refractivity contribution is 0.0274. The molecule has 7 unspecified atom stereocenters. The molecular weight excluding hydrogens is 1370 g/mol. The third-order valence-electron chi connectivity index (χ3n) is 26.8. The number of amides is 2. The average Bonchev–Trinajstić information content (AvgIpc) is 1.76. The fourth-order valence-corrected chi connectivity index (χ4v) is 21.2. The van der Waals surface area contributed by atoms with Crippen molar-refractivity contribution >= 4 is 23.8 Å². The summed E-state index contributed by atoms with van der Waals surface area (Å²) in [5.74, 6) is 9.41. The van der Waals surface area contributed by atoms with Crippen LogP contribution >= 0.6 is 11.6 Å². The van der Waals surface area contributed by atoms with Crippen LogP contribution in [0.4, 0.5) is 18.4 Å². The number of carbonyl (C=O) groups is 2. The Morgan fingerprint density at radius 1 is 0.542 bits per heavy atom. The molecule has 16 nitrogen and oxygen atoms in total. The number of piperidine rings is 5. The van der Waals surface area contributed by atoms with Gasteiger partial charge >= 0.3 is 12.2 Å². The van der Waals surface area contributed by atoms with Crippen LogP contribution in [-0.2, 0) is 19.9 Å². The molecule has 10 aliphatic heterocycles. The molecule has 107 heavy (non-hydrogen) atoms. The lowest BCUT2D eigenvalue weighted by atomic mass is 9.84. The van der Waals surface area contributed by atoms with E-state index < -0.39 is 5.67 Å². The number of fused-ring (bicyclic) bond motifs is 7. The Bertz CT molecular complexity index is 3720. The van der Waals surface area contributed by atoms with E-state index in [1.165, 1.54) is 139 Å². The predicted octanol–water partition coefficient (Wildman–Crippen LogP) is 17.9. The van der Waals surface area contributed by atoms with Crippen molar-refractivity contribution in [2.75, 3.05) is 120 Å². The van der Waals surface area contributed by atoms with Gasteiger partial charge < -0.3 is 67.3 Å². The van der Waals surface area contributed by atoms with E-state index in [-0.39, 0.29) is 24.0 Å². The number of methoxy groups -OCH3 is 3. The molecule has 11 fully saturated rings. The van der Waals surface area contributed by atoms with Gasteiger partial charge in [-0.3, -0.25) is 0 Å². The Labute approximate surface area is 640 Å². The Balaban J connectivity index is 0.000000120. The molecule has 9 saturated heterocycles. The van der Waals surface area contributed by atoms with Gasteiger partial charge in [-0.2, -0.15) is 0 Å². The lowest BCUT2D eigenvalue weighted by Crippen LogP contribution is -2.47. The Hall–Kier alpha value is -6.41. The molecule has 5 aromatic rings. The van der Waals surface area contributed by atoms with Crippen molar-refractivity contribution in [3.63, 3.8) is 0 Å². The minimum absolute atomic E-state index is 0.154. The number of benzene rings is 5. The van der Waals surface area contributed by atoms with Gasteiger partial charge in [-0.15, -0.1) is 0 Å².